The normalized spacial score (nSPS) is 16.1. The van der Waals surface area contributed by atoms with Crippen LogP contribution in [0.5, 0.6) is 0 Å². The van der Waals surface area contributed by atoms with Crippen LogP contribution < -0.4 is 0 Å². The highest BCUT2D eigenvalue weighted by Gasteiger charge is 2.32. The Hall–Kier alpha value is -2.72. The maximum absolute atomic E-state index is 13.6. The number of amides is 1. The van der Waals surface area contributed by atoms with E-state index in [-0.39, 0.29) is 17.5 Å². The van der Waals surface area contributed by atoms with Crippen LogP contribution in [0, 0.1) is 11.6 Å². The second-order valence-corrected chi connectivity index (χ2v) is 6.97. The van der Waals surface area contributed by atoms with E-state index < -0.39 is 11.6 Å². The summed E-state index contributed by atoms with van der Waals surface area (Å²) in [5.41, 5.74) is 3.25. The van der Waals surface area contributed by atoms with Gasteiger partial charge in [-0.05, 0) is 53.4 Å². The number of halogens is 3. The van der Waals surface area contributed by atoms with Gasteiger partial charge in [0, 0.05) is 17.1 Å². The standard InChI is InChI=1S/C22H16ClF2NO/c23-17-8-5-15(6-9-17)21-18-4-2-1-3-14(18)11-12-26(21)22(27)16-7-10-19(24)20(25)13-16/h1-10,13,21H,11-12H2/t21-/m1/s1. The smallest absolute Gasteiger partial charge is 0.254 e. The minimum absolute atomic E-state index is 0.132. The molecule has 0 fully saturated rings. The van der Waals surface area contributed by atoms with E-state index >= 15 is 0 Å². The monoisotopic (exact) mass is 383 g/mol. The zero-order chi connectivity index (χ0) is 19.0. The predicted octanol–water partition coefficient (Wildman–Crippen LogP) is 5.41. The van der Waals surface area contributed by atoms with Gasteiger partial charge in [-0.25, -0.2) is 8.78 Å². The molecule has 0 unspecified atom stereocenters. The number of carbonyl (C=O) groups excluding carboxylic acids is 1. The third-order valence-electron chi connectivity index (χ3n) is 4.90. The summed E-state index contributed by atoms with van der Waals surface area (Å²) in [5.74, 6) is -2.32. The first kappa shape index (κ1) is 17.7. The molecule has 1 atom stereocenters. The van der Waals surface area contributed by atoms with Crippen molar-refractivity contribution in [2.45, 2.75) is 12.5 Å². The average molecular weight is 384 g/mol. The van der Waals surface area contributed by atoms with Crippen molar-refractivity contribution in [3.8, 4) is 0 Å². The van der Waals surface area contributed by atoms with Gasteiger partial charge in [-0.1, -0.05) is 48.0 Å². The zero-order valence-corrected chi connectivity index (χ0v) is 15.1. The first-order valence-corrected chi connectivity index (χ1v) is 9.01. The minimum atomic E-state index is -1.03. The minimum Gasteiger partial charge on any atom is -0.327 e. The van der Waals surface area contributed by atoms with Crippen LogP contribution in [-0.2, 0) is 6.42 Å². The van der Waals surface area contributed by atoms with Crippen LogP contribution in [0.15, 0.2) is 66.7 Å². The molecule has 4 rings (SSSR count). The van der Waals surface area contributed by atoms with Gasteiger partial charge in [0.15, 0.2) is 11.6 Å². The van der Waals surface area contributed by atoms with Crippen molar-refractivity contribution < 1.29 is 13.6 Å². The molecular formula is C22H16ClF2NO. The van der Waals surface area contributed by atoms with Gasteiger partial charge < -0.3 is 4.90 Å². The lowest BCUT2D eigenvalue weighted by Gasteiger charge is -2.38. The Bertz CT molecular complexity index is 1000. The van der Waals surface area contributed by atoms with Gasteiger partial charge in [-0.15, -0.1) is 0 Å². The van der Waals surface area contributed by atoms with Gasteiger partial charge in [0.2, 0.25) is 0 Å². The van der Waals surface area contributed by atoms with Crippen molar-refractivity contribution in [1.82, 2.24) is 4.90 Å². The molecule has 3 aromatic rings. The molecule has 1 heterocycles. The van der Waals surface area contributed by atoms with Crippen LogP contribution in [-0.4, -0.2) is 17.4 Å². The SMILES string of the molecule is O=C(c1ccc(F)c(F)c1)N1CCc2ccccc2[C@H]1c1ccc(Cl)cc1. The van der Waals surface area contributed by atoms with Crippen LogP contribution in [0.1, 0.15) is 33.1 Å². The molecule has 1 amide bonds. The van der Waals surface area contributed by atoms with Crippen LogP contribution in [0.4, 0.5) is 8.78 Å². The van der Waals surface area contributed by atoms with Crippen molar-refractivity contribution in [2.24, 2.45) is 0 Å². The average Bonchev–Trinajstić information content (AvgIpc) is 2.69. The molecule has 1 aliphatic heterocycles. The fourth-order valence-corrected chi connectivity index (χ4v) is 3.71. The Morgan fingerprint density at radius 1 is 0.963 bits per heavy atom. The second-order valence-electron chi connectivity index (χ2n) is 6.53. The molecule has 5 heteroatoms. The lowest BCUT2D eigenvalue weighted by Crippen LogP contribution is -2.40. The fourth-order valence-electron chi connectivity index (χ4n) is 3.58. The van der Waals surface area contributed by atoms with E-state index in [4.69, 9.17) is 11.6 Å². The van der Waals surface area contributed by atoms with Gasteiger partial charge in [0.1, 0.15) is 0 Å². The highest BCUT2D eigenvalue weighted by atomic mass is 35.5. The summed E-state index contributed by atoms with van der Waals surface area (Å²) >= 11 is 6.02. The Balaban J connectivity index is 1.79. The topological polar surface area (TPSA) is 20.3 Å². The Kier molecular flexibility index (Phi) is 4.66. The van der Waals surface area contributed by atoms with Gasteiger partial charge in [-0.2, -0.15) is 0 Å². The van der Waals surface area contributed by atoms with Crippen molar-refractivity contribution in [3.63, 3.8) is 0 Å². The van der Waals surface area contributed by atoms with Crippen molar-refractivity contribution in [3.05, 3.63) is 106 Å². The number of rotatable bonds is 2. The van der Waals surface area contributed by atoms with Gasteiger partial charge in [-0.3, -0.25) is 4.79 Å². The number of hydrogen-bond donors (Lipinski definition) is 0. The summed E-state index contributed by atoms with van der Waals surface area (Å²) in [6.45, 7) is 0.488. The number of benzene rings is 3. The number of carbonyl (C=O) groups is 1. The van der Waals surface area contributed by atoms with Crippen molar-refractivity contribution >= 4 is 17.5 Å². The zero-order valence-electron chi connectivity index (χ0n) is 14.3. The summed E-state index contributed by atoms with van der Waals surface area (Å²) in [5, 5.41) is 0.612. The molecule has 0 aliphatic carbocycles. The predicted molar refractivity (Wildman–Crippen MR) is 101 cm³/mol. The van der Waals surface area contributed by atoms with E-state index in [9.17, 15) is 13.6 Å². The number of fused-ring (bicyclic) bond motifs is 1. The molecule has 0 aromatic heterocycles. The summed E-state index contributed by atoms with van der Waals surface area (Å²) in [6, 6.07) is 18.3. The summed E-state index contributed by atoms with van der Waals surface area (Å²) in [6.07, 6.45) is 0.704. The summed E-state index contributed by atoms with van der Waals surface area (Å²) < 4.78 is 26.9. The molecule has 3 aromatic carbocycles. The molecule has 0 N–H and O–H groups in total. The van der Waals surface area contributed by atoms with Crippen LogP contribution in [0.25, 0.3) is 0 Å². The number of nitrogens with zero attached hydrogens (tertiary/aromatic N) is 1. The molecule has 0 saturated heterocycles. The molecule has 1 aliphatic rings. The van der Waals surface area contributed by atoms with E-state index in [0.29, 0.717) is 18.0 Å². The van der Waals surface area contributed by atoms with Crippen LogP contribution in [0.2, 0.25) is 5.02 Å². The van der Waals surface area contributed by atoms with Crippen molar-refractivity contribution in [1.29, 1.82) is 0 Å². The highest BCUT2D eigenvalue weighted by Crippen LogP contribution is 2.36. The molecular weight excluding hydrogens is 368 g/mol. The Labute approximate surface area is 161 Å². The molecule has 136 valence electrons. The van der Waals surface area contributed by atoms with Crippen LogP contribution >= 0.6 is 11.6 Å². The van der Waals surface area contributed by atoms with Gasteiger partial charge in [0.05, 0.1) is 6.04 Å². The van der Waals surface area contributed by atoms with Gasteiger partial charge in [0.25, 0.3) is 5.91 Å². The van der Waals surface area contributed by atoms with Crippen molar-refractivity contribution in [2.75, 3.05) is 6.54 Å². The third-order valence-corrected chi connectivity index (χ3v) is 5.15. The van der Waals surface area contributed by atoms with E-state index in [1.54, 1.807) is 17.0 Å². The molecule has 0 bridgehead atoms. The molecule has 0 radical (unpaired) electrons. The fraction of sp³-hybridized carbons (Fsp3) is 0.136. The van der Waals surface area contributed by atoms with Crippen LogP contribution in [0.3, 0.4) is 0 Å². The lowest BCUT2D eigenvalue weighted by molar-refractivity contribution is 0.0694. The first-order valence-electron chi connectivity index (χ1n) is 8.64. The Morgan fingerprint density at radius 2 is 1.70 bits per heavy atom. The third kappa shape index (κ3) is 3.33. The van der Waals surface area contributed by atoms with E-state index in [0.717, 1.165) is 23.3 Å². The largest absolute Gasteiger partial charge is 0.327 e. The maximum Gasteiger partial charge on any atom is 0.254 e. The van der Waals surface area contributed by atoms with Gasteiger partial charge >= 0.3 is 0 Å². The molecule has 0 saturated carbocycles. The molecule has 0 spiro atoms. The first-order chi connectivity index (χ1) is 13.0. The second kappa shape index (κ2) is 7.12. The maximum atomic E-state index is 13.6. The van der Waals surface area contributed by atoms with E-state index in [2.05, 4.69) is 6.07 Å². The summed E-state index contributed by atoms with van der Waals surface area (Å²) in [7, 11) is 0. The highest BCUT2D eigenvalue weighted by molar-refractivity contribution is 6.30. The number of hydrogen-bond acceptors (Lipinski definition) is 1. The molecule has 2 nitrogen and oxygen atoms in total. The van der Waals surface area contributed by atoms with E-state index in [1.807, 2.05) is 30.3 Å². The van der Waals surface area contributed by atoms with E-state index in [1.165, 1.54) is 11.6 Å². The quantitative estimate of drug-likeness (QED) is 0.579. The summed E-state index contributed by atoms with van der Waals surface area (Å²) in [4.78, 5) is 14.8. The Morgan fingerprint density at radius 3 is 2.44 bits per heavy atom. The lowest BCUT2D eigenvalue weighted by atomic mass is 9.87. The molecule has 27 heavy (non-hydrogen) atoms.